The van der Waals surface area contributed by atoms with E-state index in [0.717, 1.165) is 38.6 Å². The molecule has 2 aromatic heterocycles. The van der Waals surface area contributed by atoms with Crippen molar-refractivity contribution in [2.75, 3.05) is 0 Å². The Morgan fingerprint density at radius 1 is 0.279 bits per heavy atom. The van der Waals surface area contributed by atoms with Gasteiger partial charge in [0.25, 0.3) is 0 Å². The highest BCUT2D eigenvalue weighted by Crippen LogP contribution is 2.45. The molecule has 0 radical (unpaired) electrons. The second-order valence-corrected chi connectivity index (χ2v) is 16.6. The minimum Gasteiger partial charge on any atom is -0.208 e. The second-order valence-electron chi connectivity index (χ2n) is 15.5. The SMILES string of the molecule is c1ccc(-c2cccc(-c3nc(-c4ccc5ccc(-c6c7ccccc7c(-c7ccccc7)c7ccccc67)cc5c4)nc(-c4cccc5c4sc4ccccc45)n3)c2)cc1. The van der Waals surface area contributed by atoms with E-state index in [1.165, 1.54) is 64.0 Å². The Morgan fingerprint density at radius 3 is 1.44 bits per heavy atom. The summed E-state index contributed by atoms with van der Waals surface area (Å²) in [7, 11) is 0. The van der Waals surface area contributed by atoms with Crippen molar-refractivity contribution in [3.05, 3.63) is 212 Å². The number of hydrogen-bond donors (Lipinski definition) is 0. The van der Waals surface area contributed by atoms with Gasteiger partial charge in [-0.25, -0.2) is 15.0 Å². The summed E-state index contributed by atoms with van der Waals surface area (Å²) in [6.45, 7) is 0. The third kappa shape index (κ3) is 6.07. The van der Waals surface area contributed by atoms with E-state index >= 15 is 0 Å². The molecule has 0 spiro atoms. The third-order valence-corrected chi connectivity index (χ3v) is 13.1. The first-order valence-corrected chi connectivity index (χ1v) is 21.4. The summed E-state index contributed by atoms with van der Waals surface area (Å²) in [6, 6.07) is 75.9. The van der Waals surface area contributed by atoms with E-state index in [-0.39, 0.29) is 0 Å². The summed E-state index contributed by atoms with van der Waals surface area (Å²) in [6.07, 6.45) is 0. The molecule has 0 aliphatic rings. The van der Waals surface area contributed by atoms with Crippen molar-refractivity contribution in [2.24, 2.45) is 0 Å². The van der Waals surface area contributed by atoms with Gasteiger partial charge in [-0.05, 0) is 96.0 Å². The maximum Gasteiger partial charge on any atom is 0.165 e. The molecule has 0 aliphatic heterocycles. The first kappa shape index (κ1) is 35.2. The molecule has 0 atom stereocenters. The number of benzene rings is 10. The molecular formula is C57H35N3S. The van der Waals surface area contributed by atoms with Crippen molar-refractivity contribution >= 4 is 63.8 Å². The van der Waals surface area contributed by atoms with Crippen molar-refractivity contribution in [3.8, 4) is 67.5 Å². The van der Waals surface area contributed by atoms with Crippen LogP contribution in [0.4, 0.5) is 0 Å². The highest BCUT2D eigenvalue weighted by molar-refractivity contribution is 7.26. The fourth-order valence-corrected chi connectivity index (χ4v) is 10.3. The molecule has 0 amide bonds. The molecule has 0 aliphatic carbocycles. The van der Waals surface area contributed by atoms with Gasteiger partial charge < -0.3 is 0 Å². The summed E-state index contributed by atoms with van der Waals surface area (Å²) in [5.74, 6) is 1.94. The summed E-state index contributed by atoms with van der Waals surface area (Å²) >= 11 is 1.79. The highest BCUT2D eigenvalue weighted by atomic mass is 32.1. The molecule has 12 aromatic rings. The Balaban J connectivity index is 1.05. The number of thiophene rings is 1. The lowest BCUT2D eigenvalue weighted by Crippen LogP contribution is -2.00. The molecule has 10 aromatic carbocycles. The van der Waals surface area contributed by atoms with Crippen molar-refractivity contribution in [2.45, 2.75) is 0 Å². The van der Waals surface area contributed by atoms with Crippen molar-refractivity contribution < 1.29 is 0 Å². The second kappa shape index (κ2) is 14.5. The van der Waals surface area contributed by atoms with E-state index in [9.17, 15) is 0 Å². The maximum atomic E-state index is 5.29. The predicted molar refractivity (Wildman–Crippen MR) is 258 cm³/mol. The smallest absolute Gasteiger partial charge is 0.165 e. The number of rotatable bonds is 6. The zero-order valence-corrected chi connectivity index (χ0v) is 33.8. The van der Waals surface area contributed by atoms with E-state index in [2.05, 4.69) is 206 Å². The van der Waals surface area contributed by atoms with E-state index < -0.39 is 0 Å². The van der Waals surface area contributed by atoms with Crippen LogP contribution in [-0.2, 0) is 0 Å². The average molecular weight is 794 g/mol. The maximum absolute atomic E-state index is 5.29. The monoisotopic (exact) mass is 793 g/mol. The molecule has 2 heterocycles. The van der Waals surface area contributed by atoms with E-state index in [1.54, 1.807) is 11.3 Å². The molecule has 0 bridgehead atoms. The molecule has 12 rings (SSSR count). The minimum atomic E-state index is 0.638. The van der Waals surface area contributed by atoms with Gasteiger partial charge in [0.15, 0.2) is 17.5 Å². The lowest BCUT2D eigenvalue weighted by Gasteiger charge is -2.18. The summed E-state index contributed by atoms with van der Waals surface area (Å²) in [5, 5.41) is 9.68. The first-order valence-electron chi connectivity index (χ1n) is 20.6. The van der Waals surface area contributed by atoms with Crippen LogP contribution in [0.3, 0.4) is 0 Å². The Morgan fingerprint density at radius 2 is 0.754 bits per heavy atom. The summed E-state index contributed by atoms with van der Waals surface area (Å²) < 4.78 is 2.42. The molecule has 4 heteroatoms. The van der Waals surface area contributed by atoms with Crippen molar-refractivity contribution in [1.29, 1.82) is 0 Å². The van der Waals surface area contributed by atoms with Crippen LogP contribution in [0.5, 0.6) is 0 Å². The summed E-state index contributed by atoms with van der Waals surface area (Å²) in [5.41, 5.74) is 10.0. The minimum absolute atomic E-state index is 0.638. The number of nitrogens with zero attached hydrogens (tertiary/aromatic N) is 3. The lowest BCUT2D eigenvalue weighted by molar-refractivity contribution is 1.08. The van der Waals surface area contributed by atoms with Gasteiger partial charge in [-0.15, -0.1) is 11.3 Å². The Kier molecular flexibility index (Phi) is 8.36. The van der Waals surface area contributed by atoms with Crippen LogP contribution >= 0.6 is 11.3 Å². The topological polar surface area (TPSA) is 38.7 Å². The van der Waals surface area contributed by atoms with Gasteiger partial charge in [-0.1, -0.05) is 182 Å². The van der Waals surface area contributed by atoms with Gasteiger partial charge in [0, 0.05) is 36.9 Å². The van der Waals surface area contributed by atoms with Crippen LogP contribution in [0.1, 0.15) is 0 Å². The molecule has 0 N–H and O–H groups in total. The largest absolute Gasteiger partial charge is 0.208 e. The zero-order valence-electron chi connectivity index (χ0n) is 33.0. The van der Waals surface area contributed by atoms with Crippen molar-refractivity contribution in [3.63, 3.8) is 0 Å². The van der Waals surface area contributed by atoms with Gasteiger partial charge in [0.2, 0.25) is 0 Å². The molecule has 0 saturated heterocycles. The van der Waals surface area contributed by atoms with Gasteiger partial charge in [0.05, 0.1) is 0 Å². The number of hydrogen-bond acceptors (Lipinski definition) is 4. The standard InChI is InChI=1S/C57H35N3S/c1-3-15-36(16-4-1)39-19-13-20-41(33-39)55-58-56(60-57(59-55)50-27-14-26-49-44-21-11-12-28-51(44)61-54(49)50)42-32-30-37-29-31-40(34-43(37)35-42)53-47-24-9-7-22-45(47)52(38-17-5-2-6-18-38)46-23-8-10-25-48(46)53/h1-35H. The number of aromatic nitrogens is 3. The molecule has 0 unspecified atom stereocenters. The van der Waals surface area contributed by atoms with Gasteiger partial charge in [-0.3, -0.25) is 0 Å². The van der Waals surface area contributed by atoms with Gasteiger partial charge >= 0.3 is 0 Å². The third-order valence-electron chi connectivity index (χ3n) is 11.9. The van der Waals surface area contributed by atoms with E-state index in [4.69, 9.17) is 15.0 Å². The van der Waals surface area contributed by atoms with Gasteiger partial charge in [-0.2, -0.15) is 0 Å². The normalized spacial score (nSPS) is 11.6. The molecule has 0 saturated carbocycles. The van der Waals surface area contributed by atoms with Gasteiger partial charge in [0.1, 0.15) is 0 Å². The Bertz CT molecular complexity index is 3590. The quantitative estimate of drug-likeness (QED) is 0.157. The van der Waals surface area contributed by atoms with E-state index in [1.807, 2.05) is 6.07 Å². The predicted octanol–water partition coefficient (Wildman–Crippen LogP) is 15.7. The fourth-order valence-electron chi connectivity index (χ4n) is 9.04. The lowest BCUT2D eigenvalue weighted by atomic mass is 9.85. The zero-order chi connectivity index (χ0) is 40.3. The molecule has 284 valence electrons. The van der Waals surface area contributed by atoms with Crippen LogP contribution in [-0.4, -0.2) is 15.0 Å². The first-order chi connectivity index (χ1) is 30.2. The Hall–Kier alpha value is -7.79. The molecule has 3 nitrogen and oxygen atoms in total. The highest BCUT2D eigenvalue weighted by Gasteiger charge is 2.19. The van der Waals surface area contributed by atoms with E-state index in [0.29, 0.717) is 17.5 Å². The molecule has 0 fully saturated rings. The van der Waals surface area contributed by atoms with Crippen LogP contribution in [0.15, 0.2) is 212 Å². The molecular weight excluding hydrogens is 759 g/mol. The molecule has 61 heavy (non-hydrogen) atoms. The number of fused-ring (bicyclic) bond motifs is 6. The van der Waals surface area contributed by atoms with Crippen molar-refractivity contribution in [1.82, 2.24) is 15.0 Å². The van der Waals surface area contributed by atoms with Crippen LogP contribution in [0.2, 0.25) is 0 Å². The fraction of sp³-hybridized carbons (Fsp3) is 0. The van der Waals surface area contributed by atoms with Crippen LogP contribution < -0.4 is 0 Å². The average Bonchev–Trinajstić information content (AvgIpc) is 3.72. The van der Waals surface area contributed by atoms with Crippen LogP contribution in [0.25, 0.3) is 120 Å². The summed E-state index contributed by atoms with van der Waals surface area (Å²) in [4.78, 5) is 15.8. The van der Waals surface area contributed by atoms with Crippen LogP contribution in [0, 0.1) is 0 Å². The Labute approximate surface area is 356 Å².